The molecule has 0 bridgehead atoms. The van der Waals surface area contributed by atoms with Crippen LogP contribution in [0.3, 0.4) is 0 Å². The SMILES string of the molecule is CCCCc1nc(O)c(C(=O)N2CC[C@@H](Cc3ccccc3)C2)c(=O)n1C1CCCc2ccccc21. The first kappa shape index (κ1) is 24.3. The van der Waals surface area contributed by atoms with Crippen LogP contribution in [0.25, 0.3) is 0 Å². The Bertz CT molecular complexity index is 1280. The van der Waals surface area contributed by atoms with E-state index >= 15 is 0 Å². The van der Waals surface area contributed by atoms with E-state index in [1.807, 2.05) is 30.3 Å². The molecule has 188 valence electrons. The predicted octanol–water partition coefficient (Wildman–Crippen LogP) is 4.92. The van der Waals surface area contributed by atoms with E-state index in [2.05, 4.69) is 36.2 Å². The fourth-order valence-corrected chi connectivity index (χ4v) is 5.87. The molecule has 1 unspecified atom stereocenters. The van der Waals surface area contributed by atoms with E-state index in [4.69, 9.17) is 0 Å². The molecule has 0 radical (unpaired) electrons. The summed E-state index contributed by atoms with van der Waals surface area (Å²) >= 11 is 0. The van der Waals surface area contributed by atoms with Crippen molar-refractivity contribution in [2.45, 2.75) is 64.3 Å². The summed E-state index contributed by atoms with van der Waals surface area (Å²) in [7, 11) is 0. The minimum Gasteiger partial charge on any atom is -0.493 e. The molecule has 1 aliphatic heterocycles. The largest absolute Gasteiger partial charge is 0.493 e. The highest BCUT2D eigenvalue weighted by Gasteiger charge is 2.34. The fourth-order valence-electron chi connectivity index (χ4n) is 5.87. The van der Waals surface area contributed by atoms with Crippen molar-refractivity contribution in [3.05, 3.63) is 93.0 Å². The van der Waals surface area contributed by atoms with Gasteiger partial charge in [0.05, 0.1) is 6.04 Å². The zero-order valence-electron chi connectivity index (χ0n) is 21.0. The minimum atomic E-state index is -0.428. The average molecular weight is 486 g/mol. The number of aromatic nitrogens is 2. The van der Waals surface area contributed by atoms with Crippen molar-refractivity contribution in [3.63, 3.8) is 0 Å². The molecule has 2 aliphatic rings. The lowest BCUT2D eigenvalue weighted by molar-refractivity contribution is 0.0780. The van der Waals surface area contributed by atoms with E-state index in [-0.39, 0.29) is 11.6 Å². The van der Waals surface area contributed by atoms with Gasteiger partial charge in [-0.15, -0.1) is 0 Å². The number of carbonyl (C=O) groups is 1. The average Bonchev–Trinajstić information content (AvgIpc) is 3.36. The number of aryl methyl sites for hydroxylation is 2. The first-order chi connectivity index (χ1) is 17.6. The number of rotatable bonds is 7. The molecule has 1 fully saturated rings. The van der Waals surface area contributed by atoms with Gasteiger partial charge in [-0.3, -0.25) is 14.2 Å². The molecule has 0 saturated carbocycles. The molecule has 3 aromatic rings. The number of likely N-dealkylation sites (tertiary alicyclic amines) is 1. The standard InChI is InChI=1S/C30H35N3O3/c1-2-3-16-26-31-28(34)27(29(35)32-18-17-22(20-32)19-21-10-5-4-6-11-21)30(36)33(26)25-15-9-13-23-12-7-8-14-24(23)25/h4-8,10-12,14,22,25,34H,2-3,9,13,15-20H2,1H3/t22-,25?/m0/s1. The highest BCUT2D eigenvalue weighted by molar-refractivity contribution is 5.96. The van der Waals surface area contributed by atoms with E-state index in [0.717, 1.165) is 50.5 Å². The lowest BCUT2D eigenvalue weighted by atomic mass is 9.87. The summed E-state index contributed by atoms with van der Waals surface area (Å²) in [4.78, 5) is 33.8. The Morgan fingerprint density at radius 3 is 2.67 bits per heavy atom. The zero-order valence-corrected chi connectivity index (χ0v) is 21.0. The number of hydrogen-bond acceptors (Lipinski definition) is 4. The van der Waals surface area contributed by atoms with Gasteiger partial charge in [0.2, 0.25) is 5.88 Å². The molecule has 6 nitrogen and oxygen atoms in total. The van der Waals surface area contributed by atoms with Crippen molar-refractivity contribution < 1.29 is 9.90 Å². The summed E-state index contributed by atoms with van der Waals surface area (Å²) < 4.78 is 1.72. The Labute approximate surface area is 212 Å². The van der Waals surface area contributed by atoms with E-state index in [9.17, 15) is 14.7 Å². The second-order valence-electron chi connectivity index (χ2n) is 10.2. The number of fused-ring (bicyclic) bond motifs is 1. The fraction of sp³-hybridized carbons (Fsp3) is 0.433. The van der Waals surface area contributed by atoms with Crippen molar-refractivity contribution in [1.29, 1.82) is 0 Å². The van der Waals surface area contributed by atoms with Gasteiger partial charge in [-0.2, -0.15) is 4.98 Å². The van der Waals surface area contributed by atoms with Gasteiger partial charge in [-0.1, -0.05) is 67.9 Å². The van der Waals surface area contributed by atoms with Crippen LogP contribution in [-0.2, 0) is 19.3 Å². The van der Waals surface area contributed by atoms with Crippen LogP contribution in [0.4, 0.5) is 0 Å². The number of unbranched alkanes of at least 4 members (excludes halogenated alkanes) is 1. The van der Waals surface area contributed by atoms with Gasteiger partial charge in [0, 0.05) is 19.5 Å². The molecule has 2 heterocycles. The van der Waals surface area contributed by atoms with Crippen LogP contribution >= 0.6 is 0 Å². The number of carbonyl (C=O) groups excluding carboxylic acids is 1. The van der Waals surface area contributed by atoms with Gasteiger partial charge in [0.1, 0.15) is 5.82 Å². The van der Waals surface area contributed by atoms with Crippen LogP contribution in [0.15, 0.2) is 59.4 Å². The second kappa shape index (κ2) is 10.7. The molecule has 5 rings (SSSR count). The third kappa shape index (κ3) is 4.81. The molecule has 2 aromatic carbocycles. The summed E-state index contributed by atoms with van der Waals surface area (Å²) in [5.74, 6) is 0.0760. The van der Waals surface area contributed by atoms with Crippen molar-refractivity contribution in [2.24, 2.45) is 5.92 Å². The van der Waals surface area contributed by atoms with Crippen LogP contribution in [0.2, 0.25) is 0 Å². The van der Waals surface area contributed by atoms with Gasteiger partial charge < -0.3 is 10.0 Å². The topological polar surface area (TPSA) is 75.4 Å². The quantitative estimate of drug-likeness (QED) is 0.515. The Kier molecular flexibility index (Phi) is 7.21. The highest BCUT2D eigenvalue weighted by atomic mass is 16.3. The van der Waals surface area contributed by atoms with Gasteiger partial charge in [-0.05, 0) is 61.1 Å². The normalized spacial score (nSPS) is 19.3. The van der Waals surface area contributed by atoms with Crippen molar-refractivity contribution >= 4 is 5.91 Å². The summed E-state index contributed by atoms with van der Waals surface area (Å²) in [6, 6.07) is 18.4. The van der Waals surface area contributed by atoms with Gasteiger partial charge >= 0.3 is 0 Å². The van der Waals surface area contributed by atoms with E-state index in [1.54, 1.807) is 9.47 Å². The molecule has 1 amide bonds. The Hall–Kier alpha value is -3.41. The maximum atomic E-state index is 14.0. The molecular formula is C30H35N3O3. The maximum Gasteiger partial charge on any atom is 0.270 e. The molecule has 2 atom stereocenters. The minimum absolute atomic E-state index is 0.168. The molecule has 1 aromatic heterocycles. The first-order valence-electron chi connectivity index (χ1n) is 13.3. The van der Waals surface area contributed by atoms with Gasteiger partial charge in [0.25, 0.3) is 11.5 Å². The highest BCUT2D eigenvalue weighted by Crippen LogP contribution is 2.33. The summed E-state index contributed by atoms with van der Waals surface area (Å²) in [5, 5.41) is 10.8. The van der Waals surface area contributed by atoms with Gasteiger partial charge in [-0.25, -0.2) is 0 Å². The zero-order chi connectivity index (χ0) is 25.1. The Morgan fingerprint density at radius 2 is 1.86 bits per heavy atom. The van der Waals surface area contributed by atoms with E-state index in [1.165, 1.54) is 11.1 Å². The molecule has 6 heteroatoms. The number of benzene rings is 2. The number of amides is 1. The molecule has 1 N–H and O–H groups in total. The molecule has 36 heavy (non-hydrogen) atoms. The molecule has 1 aliphatic carbocycles. The monoisotopic (exact) mass is 485 g/mol. The summed E-state index contributed by atoms with van der Waals surface area (Å²) in [6.07, 6.45) is 6.96. The predicted molar refractivity (Wildman–Crippen MR) is 140 cm³/mol. The smallest absolute Gasteiger partial charge is 0.270 e. The maximum absolute atomic E-state index is 14.0. The second-order valence-corrected chi connectivity index (χ2v) is 10.2. The van der Waals surface area contributed by atoms with Crippen molar-refractivity contribution in [3.8, 4) is 5.88 Å². The number of hydrogen-bond donors (Lipinski definition) is 1. The van der Waals surface area contributed by atoms with Crippen molar-refractivity contribution in [2.75, 3.05) is 13.1 Å². The third-order valence-corrected chi connectivity index (χ3v) is 7.73. The number of nitrogens with zero attached hydrogens (tertiary/aromatic N) is 3. The third-order valence-electron chi connectivity index (χ3n) is 7.73. The lowest BCUT2D eigenvalue weighted by Gasteiger charge is -2.29. The number of aromatic hydroxyl groups is 1. The first-order valence-corrected chi connectivity index (χ1v) is 13.3. The molecule has 1 saturated heterocycles. The Morgan fingerprint density at radius 1 is 1.08 bits per heavy atom. The van der Waals surface area contributed by atoms with Crippen LogP contribution in [-0.4, -0.2) is 38.6 Å². The van der Waals surface area contributed by atoms with E-state index < -0.39 is 17.3 Å². The van der Waals surface area contributed by atoms with E-state index in [0.29, 0.717) is 31.3 Å². The molecule has 0 spiro atoms. The van der Waals surface area contributed by atoms with Crippen LogP contribution in [0.1, 0.15) is 77.9 Å². The lowest BCUT2D eigenvalue weighted by Crippen LogP contribution is -2.39. The summed E-state index contributed by atoms with van der Waals surface area (Å²) in [6.45, 7) is 3.25. The Balaban J connectivity index is 1.48. The van der Waals surface area contributed by atoms with Crippen LogP contribution in [0.5, 0.6) is 5.88 Å². The van der Waals surface area contributed by atoms with Gasteiger partial charge in [0.15, 0.2) is 5.56 Å². The van der Waals surface area contributed by atoms with Crippen molar-refractivity contribution in [1.82, 2.24) is 14.5 Å². The van der Waals surface area contributed by atoms with Crippen LogP contribution in [0, 0.1) is 5.92 Å². The molecular weight excluding hydrogens is 450 g/mol. The van der Waals surface area contributed by atoms with Crippen LogP contribution < -0.4 is 5.56 Å². The summed E-state index contributed by atoms with van der Waals surface area (Å²) in [5.41, 5.74) is 3.02.